The van der Waals surface area contributed by atoms with Crippen LogP contribution >= 0.6 is 0 Å². The maximum absolute atomic E-state index is 11.9. The molecule has 0 saturated heterocycles. The Kier molecular flexibility index (Phi) is 8.85. The Morgan fingerprint density at radius 3 is 1.85 bits per heavy atom. The standard InChI is InChI=1S/C10H9F3IO3S.CHF3O3S/c1-8-4-2-3-5-9(8)14-6-7-17-18(15,16)10(11,12)13;2-1(3,4)8(5,6)7/h2-7H,1H3;(H,5,6,7)/q+1;/p-1/b7-6+;. The summed E-state index contributed by atoms with van der Waals surface area (Å²) in [6.07, 6.45) is 0.586. The predicted molar refractivity (Wildman–Crippen MR) is 70.8 cm³/mol. The third kappa shape index (κ3) is 8.54. The van der Waals surface area contributed by atoms with Crippen molar-refractivity contribution in [3.05, 3.63) is 43.7 Å². The highest BCUT2D eigenvalue weighted by Crippen LogP contribution is 2.24. The lowest BCUT2D eigenvalue weighted by molar-refractivity contribution is -0.558. The first-order valence-electron chi connectivity index (χ1n) is 5.85. The molecule has 15 heteroatoms. The molecule has 0 radical (unpaired) electrons. The van der Waals surface area contributed by atoms with Gasteiger partial charge in [-0.1, -0.05) is 18.2 Å². The van der Waals surface area contributed by atoms with E-state index in [1.54, 1.807) is 0 Å². The van der Waals surface area contributed by atoms with Crippen LogP contribution < -0.4 is 21.2 Å². The summed E-state index contributed by atoms with van der Waals surface area (Å²) in [6, 6.07) is 7.36. The summed E-state index contributed by atoms with van der Waals surface area (Å²) in [6.45, 7) is 1.87. The Morgan fingerprint density at radius 2 is 1.46 bits per heavy atom. The molecule has 6 nitrogen and oxygen atoms in total. The van der Waals surface area contributed by atoms with E-state index in [1.807, 2.05) is 31.2 Å². The first-order chi connectivity index (χ1) is 11.5. The van der Waals surface area contributed by atoms with Crippen molar-refractivity contribution in [3.63, 3.8) is 0 Å². The summed E-state index contributed by atoms with van der Waals surface area (Å²) in [7, 11) is -11.6. The van der Waals surface area contributed by atoms with Crippen molar-refractivity contribution < 1.29 is 73.1 Å². The third-order valence-corrected chi connectivity index (χ3v) is 6.09. The van der Waals surface area contributed by atoms with E-state index in [9.17, 15) is 34.8 Å². The second-order valence-corrected chi connectivity index (χ2v) is 9.46. The minimum Gasteiger partial charge on any atom is -0.741 e. The van der Waals surface area contributed by atoms with E-state index < -0.39 is 52.5 Å². The highest BCUT2D eigenvalue weighted by atomic mass is 127. The van der Waals surface area contributed by atoms with E-state index in [-0.39, 0.29) is 0 Å². The van der Waals surface area contributed by atoms with Gasteiger partial charge in [0.15, 0.2) is 24.0 Å². The minimum absolute atomic E-state index is 0.586. The van der Waals surface area contributed by atoms with Crippen molar-refractivity contribution in [2.75, 3.05) is 0 Å². The lowest BCUT2D eigenvalue weighted by atomic mass is 10.2. The Morgan fingerprint density at radius 1 is 1.00 bits per heavy atom. The molecule has 26 heavy (non-hydrogen) atoms. The molecule has 0 unspecified atom stereocenters. The molecule has 0 heterocycles. The van der Waals surface area contributed by atoms with Crippen molar-refractivity contribution >= 4 is 20.2 Å². The van der Waals surface area contributed by atoms with Crippen LogP contribution in [-0.2, 0) is 24.4 Å². The SMILES string of the molecule is Cc1ccccc1[I+]/C=C/OS(=O)(=O)C(F)(F)F.O=S(=O)([O-])C(F)(F)F. The van der Waals surface area contributed by atoms with Crippen molar-refractivity contribution in [2.24, 2.45) is 0 Å². The number of halogens is 7. The van der Waals surface area contributed by atoms with Gasteiger partial charge in [0, 0.05) is 5.56 Å². The number of hydrogen-bond acceptors (Lipinski definition) is 6. The summed E-state index contributed by atoms with van der Waals surface area (Å²) >= 11 is -0.724. The number of aryl methyl sites for hydroxylation is 1. The maximum Gasteiger partial charge on any atom is 0.534 e. The Hall–Kier alpha value is -1.07. The molecule has 0 N–H and O–H groups in total. The molecule has 0 atom stereocenters. The largest absolute Gasteiger partial charge is 0.741 e. The van der Waals surface area contributed by atoms with Crippen LogP contribution in [0.3, 0.4) is 0 Å². The lowest BCUT2D eigenvalue weighted by Gasteiger charge is -2.08. The summed E-state index contributed by atoms with van der Waals surface area (Å²) in [5.41, 5.74) is -10.0. The molecular formula is C11H9F6IO6S2. The number of rotatable bonds is 4. The molecule has 0 amide bonds. The van der Waals surface area contributed by atoms with Crippen LogP contribution in [0.2, 0.25) is 0 Å². The zero-order valence-corrected chi connectivity index (χ0v) is 16.2. The van der Waals surface area contributed by atoms with E-state index >= 15 is 0 Å². The topological polar surface area (TPSA) is 101 Å². The van der Waals surface area contributed by atoms with Gasteiger partial charge in [0.25, 0.3) is 0 Å². The van der Waals surface area contributed by atoms with Gasteiger partial charge >= 0.3 is 42.3 Å². The van der Waals surface area contributed by atoms with Crippen LogP contribution in [0.1, 0.15) is 5.56 Å². The Balaban J connectivity index is 0.000000660. The Labute approximate surface area is 155 Å². The van der Waals surface area contributed by atoms with Crippen molar-refractivity contribution in [3.8, 4) is 0 Å². The quantitative estimate of drug-likeness (QED) is 0.129. The van der Waals surface area contributed by atoms with Crippen LogP contribution in [0.15, 0.2) is 34.6 Å². The second-order valence-electron chi connectivity index (χ2n) is 4.02. The van der Waals surface area contributed by atoms with Crippen LogP contribution in [-0.4, -0.2) is 32.4 Å². The molecule has 150 valence electrons. The number of benzene rings is 1. The second kappa shape index (κ2) is 9.23. The van der Waals surface area contributed by atoms with E-state index in [2.05, 4.69) is 4.18 Å². The summed E-state index contributed by atoms with van der Waals surface area (Å²) < 4.78 is 122. The van der Waals surface area contributed by atoms with E-state index in [0.717, 1.165) is 9.13 Å². The van der Waals surface area contributed by atoms with Crippen molar-refractivity contribution in [1.29, 1.82) is 0 Å². The highest BCUT2D eigenvalue weighted by Gasteiger charge is 2.48. The molecular weight excluding hydrogens is 533 g/mol. The molecule has 0 spiro atoms. The van der Waals surface area contributed by atoms with Crippen LogP contribution in [0.25, 0.3) is 0 Å². The van der Waals surface area contributed by atoms with Gasteiger partial charge in [-0.3, -0.25) is 0 Å². The van der Waals surface area contributed by atoms with E-state index in [0.29, 0.717) is 6.26 Å². The normalized spacial score (nSPS) is 13.2. The zero-order valence-electron chi connectivity index (χ0n) is 12.4. The summed E-state index contributed by atoms with van der Waals surface area (Å²) in [4.78, 5) is 0. The molecule has 0 aliphatic rings. The molecule has 1 aromatic rings. The predicted octanol–water partition coefficient (Wildman–Crippen LogP) is -0.358. The van der Waals surface area contributed by atoms with Gasteiger partial charge in [0.05, 0.1) is 0 Å². The fraction of sp³-hybridized carbons (Fsp3) is 0.273. The van der Waals surface area contributed by atoms with Gasteiger partial charge in [-0.05, 0) is 13.0 Å². The minimum atomic E-state index is -6.09. The van der Waals surface area contributed by atoms with Crippen LogP contribution in [0, 0.1) is 10.5 Å². The number of alkyl halides is 6. The smallest absolute Gasteiger partial charge is 0.534 e. The van der Waals surface area contributed by atoms with Gasteiger partial charge in [-0.2, -0.15) is 34.8 Å². The van der Waals surface area contributed by atoms with Crippen molar-refractivity contribution in [2.45, 2.75) is 17.9 Å². The average Bonchev–Trinajstić information content (AvgIpc) is 2.42. The number of hydrogen-bond donors (Lipinski definition) is 0. The van der Waals surface area contributed by atoms with Crippen molar-refractivity contribution in [1.82, 2.24) is 0 Å². The highest BCUT2D eigenvalue weighted by molar-refractivity contribution is 7.87. The van der Waals surface area contributed by atoms with Gasteiger partial charge in [-0.15, -0.1) is 0 Å². The van der Waals surface area contributed by atoms with Crippen LogP contribution in [0.4, 0.5) is 26.3 Å². The first-order valence-corrected chi connectivity index (χ1v) is 11.0. The maximum atomic E-state index is 11.9. The third-order valence-electron chi connectivity index (χ3n) is 2.06. The van der Waals surface area contributed by atoms with E-state index in [1.165, 1.54) is 4.08 Å². The zero-order chi connectivity index (χ0) is 20.8. The molecule has 1 aromatic carbocycles. The molecule has 0 aliphatic carbocycles. The lowest BCUT2D eigenvalue weighted by Crippen LogP contribution is -3.59. The molecule has 0 bridgehead atoms. The monoisotopic (exact) mass is 542 g/mol. The fourth-order valence-corrected chi connectivity index (χ4v) is 3.19. The first kappa shape index (κ1) is 24.9. The Bertz CT molecular complexity index is 829. The van der Waals surface area contributed by atoms with Gasteiger partial charge in [-0.25, -0.2) is 8.42 Å². The van der Waals surface area contributed by atoms with Gasteiger partial charge in [0.1, 0.15) is 0 Å². The van der Waals surface area contributed by atoms with Gasteiger partial charge in [0.2, 0.25) is 0 Å². The van der Waals surface area contributed by atoms with Gasteiger partial charge < -0.3 is 8.74 Å². The molecule has 0 fully saturated rings. The molecule has 0 aromatic heterocycles. The molecule has 0 saturated carbocycles. The molecule has 1 rings (SSSR count). The van der Waals surface area contributed by atoms with Crippen LogP contribution in [0.5, 0.6) is 0 Å². The summed E-state index contributed by atoms with van der Waals surface area (Å²) in [5, 5.41) is 0. The molecule has 0 aliphatic heterocycles. The average molecular weight is 542 g/mol. The summed E-state index contributed by atoms with van der Waals surface area (Å²) in [5.74, 6) is 0. The fourth-order valence-electron chi connectivity index (χ4n) is 0.916. The van der Waals surface area contributed by atoms with E-state index in [4.69, 9.17) is 13.0 Å².